The number of anilines is 1. The van der Waals surface area contributed by atoms with Crippen molar-refractivity contribution in [1.82, 2.24) is 0 Å². The van der Waals surface area contributed by atoms with Crippen LogP contribution in [0.3, 0.4) is 0 Å². The van der Waals surface area contributed by atoms with Crippen LogP contribution in [0.25, 0.3) is 0 Å². The molecule has 2 aromatic rings. The highest BCUT2D eigenvalue weighted by molar-refractivity contribution is 6.35. The average molecular weight is 412 g/mol. The summed E-state index contributed by atoms with van der Waals surface area (Å²) in [6.07, 6.45) is 0. The van der Waals surface area contributed by atoms with Crippen molar-refractivity contribution in [1.29, 1.82) is 0 Å². The molecule has 0 saturated heterocycles. The molecule has 2 aromatic carbocycles. The second-order valence-corrected chi connectivity index (χ2v) is 6.18. The lowest BCUT2D eigenvalue weighted by atomic mass is 10.2. The second kappa shape index (κ2) is 10.0. The van der Waals surface area contributed by atoms with Gasteiger partial charge in [0.2, 0.25) is 0 Å². The number of amides is 1. The zero-order valence-electron chi connectivity index (χ0n) is 14.9. The first-order valence-electron chi connectivity index (χ1n) is 8.25. The molecule has 0 spiro atoms. The van der Waals surface area contributed by atoms with E-state index in [1.807, 2.05) is 13.8 Å². The summed E-state index contributed by atoms with van der Waals surface area (Å²) >= 11 is 11.7. The zero-order chi connectivity index (χ0) is 19.8. The van der Waals surface area contributed by atoms with Crippen molar-refractivity contribution in [3.63, 3.8) is 0 Å². The standard InChI is InChI=1S/C19H19Cl2NO5/c1-3-25-16-6-5-12(7-17(16)26-4-2)19(24)27-11-18(23)22-15-9-13(20)8-14(21)10-15/h5-10H,3-4,11H2,1-2H3,(H,22,23). The Balaban J connectivity index is 1.98. The largest absolute Gasteiger partial charge is 0.490 e. The highest BCUT2D eigenvalue weighted by Gasteiger charge is 2.14. The number of carbonyl (C=O) groups is 2. The Labute approximate surface area is 167 Å². The number of halogens is 2. The number of ether oxygens (including phenoxy) is 3. The molecular formula is C19H19Cl2NO5. The molecule has 0 radical (unpaired) electrons. The minimum atomic E-state index is -0.654. The Hall–Kier alpha value is -2.44. The summed E-state index contributed by atoms with van der Waals surface area (Å²) in [7, 11) is 0. The van der Waals surface area contributed by atoms with Gasteiger partial charge in [0.15, 0.2) is 18.1 Å². The molecule has 0 heterocycles. The SMILES string of the molecule is CCOc1ccc(C(=O)OCC(=O)Nc2cc(Cl)cc(Cl)c2)cc1OCC. The van der Waals surface area contributed by atoms with Gasteiger partial charge in [-0.1, -0.05) is 23.2 Å². The predicted molar refractivity (Wildman–Crippen MR) is 104 cm³/mol. The normalized spacial score (nSPS) is 10.2. The molecule has 0 aliphatic rings. The van der Waals surface area contributed by atoms with Gasteiger partial charge in [0.25, 0.3) is 5.91 Å². The Kier molecular flexibility index (Phi) is 7.76. The molecule has 0 unspecified atom stereocenters. The molecule has 0 aliphatic carbocycles. The van der Waals surface area contributed by atoms with Crippen molar-refractivity contribution in [3.05, 3.63) is 52.0 Å². The Morgan fingerprint density at radius 2 is 1.56 bits per heavy atom. The van der Waals surface area contributed by atoms with E-state index in [-0.39, 0.29) is 5.56 Å². The first-order valence-corrected chi connectivity index (χ1v) is 9.01. The third-order valence-electron chi connectivity index (χ3n) is 3.26. The molecule has 144 valence electrons. The van der Waals surface area contributed by atoms with E-state index in [0.29, 0.717) is 40.4 Å². The first kappa shape index (κ1) is 20.9. The monoisotopic (exact) mass is 411 g/mol. The Morgan fingerprint density at radius 1 is 0.926 bits per heavy atom. The van der Waals surface area contributed by atoms with Crippen molar-refractivity contribution in [2.24, 2.45) is 0 Å². The van der Waals surface area contributed by atoms with Crippen molar-refractivity contribution in [2.45, 2.75) is 13.8 Å². The summed E-state index contributed by atoms with van der Waals surface area (Å²) < 4.78 is 16.0. The summed E-state index contributed by atoms with van der Waals surface area (Å²) in [5.74, 6) is -0.200. The fraction of sp³-hybridized carbons (Fsp3) is 0.263. The smallest absolute Gasteiger partial charge is 0.338 e. The van der Waals surface area contributed by atoms with Crippen LogP contribution in [-0.4, -0.2) is 31.7 Å². The van der Waals surface area contributed by atoms with E-state index in [1.54, 1.807) is 18.2 Å². The lowest BCUT2D eigenvalue weighted by molar-refractivity contribution is -0.119. The van der Waals surface area contributed by atoms with E-state index in [0.717, 1.165) is 0 Å². The van der Waals surface area contributed by atoms with Gasteiger partial charge < -0.3 is 19.5 Å². The fourth-order valence-electron chi connectivity index (χ4n) is 2.22. The highest BCUT2D eigenvalue weighted by atomic mass is 35.5. The summed E-state index contributed by atoms with van der Waals surface area (Å²) in [6, 6.07) is 9.30. The number of hydrogen-bond donors (Lipinski definition) is 1. The van der Waals surface area contributed by atoms with E-state index in [2.05, 4.69) is 5.32 Å². The minimum absolute atomic E-state index is 0.250. The second-order valence-electron chi connectivity index (χ2n) is 5.31. The minimum Gasteiger partial charge on any atom is -0.490 e. The van der Waals surface area contributed by atoms with Crippen LogP contribution >= 0.6 is 23.2 Å². The number of esters is 1. The van der Waals surface area contributed by atoms with Crippen molar-refractivity contribution < 1.29 is 23.8 Å². The highest BCUT2D eigenvalue weighted by Crippen LogP contribution is 2.29. The van der Waals surface area contributed by atoms with Crippen LogP contribution in [0, 0.1) is 0 Å². The number of nitrogens with one attached hydrogen (secondary N) is 1. The quantitative estimate of drug-likeness (QED) is 0.643. The molecule has 0 aromatic heterocycles. The van der Waals surface area contributed by atoms with Gasteiger partial charge in [-0.15, -0.1) is 0 Å². The van der Waals surface area contributed by atoms with Crippen LogP contribution in [-0.2, 0) is 9.53 Å². The number of carbonyl (C=O) groups excluding carboxylic acids is 2. The van der Waals surface area contributed by atoms with Crippen LogP contribution in [0.5, 0.6) is 11.5 Å². The maximum atomic E-state index is 12.2. The molecule has 1 N–H and O–H groups in total. The molecule has 0 fully saturated rings. The van der Waals surface area contributed by atoms with Gasteiger partial charge in [-0.3, -0.25) is 4.79 Å². The number of rotatable bonds is 8. The molecule has 0 bridgehead atoms. The lowest BCUT2D eigenvalue weighted by Gasteiger charge is -2.12. The van der Waals surface area contributed by atoms with E-state index < -0.39 is 18.5 Å². The van der Waals surface area contributed by atoms with Gasteiger partial charge in [-0.25, -0.2) is 4.79 Å². The van der Waals surface area contributed by atoms with Gasteiger partial charge in [-0.2, -0.15) is 0 Å². The molecule has 1 amide bonds. The predicted octanol–water partition coefficient (Wildman–Crippen LogP) is 4.59. The third-order valence-corrected chi connectivity index (χ3v) is 3.70. The molecule has 0 atom stereocenters. The van der Waals surface area contributed by atoms with Crippen LogP contribution in [0.1, 0.15) is 24.2 Å². The Morgan fingerprint density at radius 3 is 2.19 bits per heavy atom. The number of benzene rings is 2. The molecule has 8 heteroatoms. The fourth-order valence-corrected chi connectivity index (χ4v) is 2.74. The zero-order valence-corrected chi connectivity index (χ0v) is 16.4. The molecule has 27 heavy (non-hydrogen) atoms. The van der Waals surface area contributed by atoms with Gasteiger partial charge in [0, 0.05) is 15.7 Å². The van der Waals surface area contributed by atoms with Crippen molar-refractivity contribution in [3.8, 4) is 11.5 Å². The number of hydrogen-bond acceptors (Lipinski definition) is 5. The van der Waals surface area contributed by atoms with Crippen LogP contribution < -0.4 is 14.8 Å². The molecule has 0 saturated carbocycles. The van der Waals surface area contributed by atoms with Crippen LogP contribution in [0.2, 0.25) is 10.0 Å². The van der Waals surface area contributed by atoms with E-state index in [4.69, 9.17) is 37.4 Å². The molecule has 6 nitrogen and oxygen atoms in total. The molecule has 2 rings (SSSR count). The van der Waals surface area contributed by atoms with Crippen LogP contribution in [0.15, 0.2) is 36.4 Å². The van der Waals surface area contributed by atoms with Crippen molar-refractivity contribution in [2.75, 3.05) is 25.1 Å². The Bertz CT molecular complexity index is 805. The maximum absolute atomic E-state index is 12.2. The van der Waals surface area contributed by atoms with Crippen LogP contribution in [0.4, 0.5) is 5.69 Å². The van der Waals surface area contributed by atoms with Gasteiger partial charge in [0.1, 0.15) is 0 Å². The summed E-state index contributed by atoms with van der Waals surface area (Å²) in [5, 5.41) is 3.32. The maximum Gasteiger partial charge on any atom is 0.338 e. The van der Waals surface area contributed by atoms with Crippen molar-refractivity contribution >= 4 is 40.8 Å². The van der Waals surface area contributed by atoms with E-state index in [9.17, 15) is 9.59 Å². The summed E-state index contributed by atoms with van der Waals surface area (Å²) in [5.41, 5.74) is 0.661. The van der Waals surface area contributed by atoms with Gasteiger partial charge in [0.05, 0.1) is 18.8 Å². The summed E-state index contributed by atoms with van der Waals surface area (Å²) in [6.45, 7) is 4.11. The van der Waals surface area contributed by atoms with E-state index in [1.165, 1.54) is 18.2 Å². The lowest BCUT2D eigenvalue weighted by Crippen LogP contribution is -2.21. The van der Waals surface area contributed by atoms with Gasteiger partial charge in [-0.05, 0) is 50.2 Å². The molecular weight excluding hydrogens is 393 g/mol. The average Bonchev–Trinajstić information content (AvgIpc) is 2.60. The van der Waals surface area contributed by atoms with E-state index >= 15 is 0 Å². The first-order chi connectivity index (χ1) is 12.9. The topological polar surface area (TPSA) is 73.9 Å². The summed E-state index contributed by atoms with van der Waals surface area (Å²) in [4.78, 5) is 24.2. The third kappa shape index (κ3) is 6.34. The van der Waals surface area contributed by atoms with Gasteiger partial charge >= 0.3 is 5.97 Å². The molecule has 0 aliphatic heterocycles.